The molecule has 0 N–H and O–H groups in total. The minimum Gasteiger partial charge on any atom is -0.454 e. The Morgan fingerprint density at radius 3 is 2.48 bits per heavy atom. The summed E-state index contributed by atoms with van der Waals surface area (Å²) in [5.74, 6) is 2.67. The molecule has 0 amide bonds. The highest BCUT2D eigenvalue weighted by atomic mass is 32.2. The van der Waals surface area contributed by atoms with Crippen molar-refractivity contribution in [1.29, 1.82) is 0 Å². The van der Waals surface area contributed by atoms with Crippen molar-refractivity contribution in [2.75, 3.05) is 19.3 Å². The fourth-order valence-electron chi connectivity index (χ4n) is 2.73. The van der Waals surface area contributed by atoms with Gasteiger partial charge in [0.15, 0.2) is 28.8 Å². The first-order valence-corrected chi connectivity index (χ1v) is 9.00. The zero-order valence-electron chi connectivity index (χ0n) is 13.8. The van der Waals surface area contributed by atoms with Gasteiger partial charge in [0.05, 0.1) is 11.4 Å². The molecule has 0 bridgehead atoms. The Hall–Kier alpha value is -3.27. The maximum Gasteiger partial charge on any atom is 0.231 e. The Labute approximate surface area is 157 Å². The van der Waals surface area contributed by atoms with Gasteiger partial charge < -0.3 is 18.9 Å². The summed E-state index contributed by atoms with van der Waals surface area (Å²) in [5, 5.41) is 12.2. The number of nitrogens with zero attached hydrogens (tertiary/aromatic N) is 4. The third kappa shape index (κ3) is 2.93. The van der Waals surface area contributed by atoms with Crippen molar-refractivity contribution in [1.82, 2.24) is 20.2 Å². The number of rotatable bonds is 5. The highest BCUT2D eigenvalue weighted by Gasteiger charge is 2.19. The predicted molar refractivity (Wildman–Crippen MR) is 92.9 cm³/mol. The number of fused-ring (bicyclic) bond motifs is 2. The third-order valence-electron chi connectivity index (χ3n) is 4.07. The van der Waals surface area contributed by atoms with Crippen LogP contribution >= 0.6 is 11.8 Å². The van der Waals surface area contributed by atoms with Crippen molar-refractivity contribution in [3.05, 3.63) is 42.0 Å². The highest BCUT2D eigenvalue weighted by molar-refractivity contribution is 7.99. The normalized spacial score (nSPS) is 13.8. The molecule has 2 aliphatic rings. The lowest BCUT2D eigenvalue weighted by atomic mass is 10.1. The van der Waals surface area contributed by atoms with E-state index >= 15 is 0 Å². The van der Waals surface area contributed by atoms with E-state index in [4.69, 9.17) is 18.9 Å². The van der Waals surface area contributed by atoms with Crippen LogP contribution in [-0.4, -0.2) is 45.3 Å². The van der Waals surface area contributed by atoms with Crippen LogP contribution in [0.4, 0.5) is 0 Å². The van der Waals surface area contributed by atoms with Crippen molar-refractivity contribution >= 4 is 17.5 Å². The van der Waals surface area contributed by atoms with Gasteiger partial charge in [-0.25, -0.2) is 0 Å². The Kier molecular flexibility index (Phi) is 3.82. The number of benzene rings is 2. The molecule has 0 saturated carbocycles. The molecule has 3 aromatic rings. The van der Waals surface area contributed by atoms with Crippen molar-refractivity contribution in [2.45, 2.75) is 5.16 Å². The van der Waals surface area contributed by atoms with Gasteiger partial charge in [-0.3, -0.25) is 4.79 Å². The van der Waals surface area contributed by atoms with Crippen molar-refractivity contribution < 1.29 is 23.7 Å². The van der Waals surface area contributed by atoms with Gasteiger partial charge in [-0.1, -0.05) is 11.8 Å². The molecule has 2 aromatic carbocycles. The smallest absolute Gasteiger partial charge is 0.231 e. The maximum absolute atomic E-state index is 12.5. The van der Waals surface area contributed by atoms with Gasteiger partial charge >= 0.3 is 0 Å². The number of ether oxygens (including phenoxy) is 4. The Morgan fingerprint density at radius 2 is 1.67 bits per heavy atom. The summed E-state index contributed by atoms with van der Waals surface area (Å²) in [7, 11) is 0. The summed E-state index contributed by atoms with van der Waals surface area (Å²) >= 11 is 1.25. The lowest BCUT2D eigenvalue weighted by Crippen LogP contribution is -2.05. The molecule has 0 radical (unpaired) electrons. The van der Waals surface area contributed by atoms with Crippen molar-refractivity contribution in [3.8, 4) is 28.7 Å². The second kappa shape index (κ2) is 6.47. The van der Waals surface area contributed by atoms with Crippen LogP contribution in [-0.2, 0) is 0 Å². The van der Waals surface area contributed by atoms with E-state index in [9.17, 15) is 4.79 Å². The quantitative estimate of drug-likeness (QED) is 0.484. The molecule has 27 heavy (non-hydrogen) atoms. The van der Waals surface area contributed by atoms with Crippen molar-refractivity contribution in [3.63, 3.8) is 0 Å². The number of ketones is 1. The number of hydrogen-bond acceptors (Lipinski definition) is 9. The fraction of sp³-hybridized carbons (Fsp3) is 0.176. The van der Waals surface area contributed by atoms with Crippen LogP contribution in [0.15, 0.2) is 41.6 Å². The second-order valence-electron chi connectivity index (χ2n) is 5.69. The van der Waals surface area contributed by atoms with Gasteiger partial charge in [-0.15, -0.1) is 5.10 Å². The topological polar surface area (TPSA) is 97.6 Å². The van der Waals surface area contributed by atoms with E-state index in [1.165, 1.54) is 11.8 Å². The molecule has 0 saturated heterocycles. The standard InChI is InChI=1S/C17H12N4O5S/c22-12(10-1-3-13-15(5-10)25-8-23-13)7-27-17-18-19-20-21(17)11-2-4-14-16(6-11)26-9-24-14/h1-6H,7-9H2. The van der Waals surface area contributed by atoms with Gasteiger partial charge in [-0.2, -0.15) is 4.68 Å². The zero-order chi connectivity index (χ0) is 18.2. The minimum absolute atomic E-state index is 0.0569. The molecule has 0 atom stereocenters. The Balaban J connectivity index is 1.32. The van der Waals surface area contributed by atoms with E-state index in [2.05, 4.69) is 15.5 Å². The molecule has 0 fully saturated rings. The molecule has 3 heterocycles. The summed E-state index contributed by atoms with van der Waals surface area (Å²) in [6.45, 7) is 0.367. The molecule has 2 aliphatic heterocycles. The fourth-order valence-corrected chi connectivity index (χ4v) is 3.52. The number of Topliss-reactive ketones (excluding diaryl/α,β-unsaturated/α-hetero) is 1. The third-order valence-corrected chi connectivity index (χ3v) is 4.99. The van der Waals surface area contributed by atoms with E-state index in [1.807, 2.05) is 6.07 Å². The molecule has 136 valence electrons. The summed E-state index contributed by atoms with van der Waals surface area (Å²) in [5.41, 5.74) is 1.27. The zero-order valence-corrected chi connectivity index (χ0v) is 14.6. The maximum atomic E-state index is 12.5. The van der Waals surface area contributed by atoms with Crippen LogP contribution in [0.3, 0.4) is 0 Å². The molecule has 9 nitrogen and oxygen atoms in total. The molecule has 0 unspecified atom stereocenters. The van der Waals surface area contributed by atoms with Gasteiger partial charge in [0.25, 0.3) is 0 Å². The SMILES string of the molecule is O=C(CSc1nnnn1-c1ccc2c(c1)OCO2)c1ccc2c(c1)OCO2. The first kappa shape index (κ1) is 15.9. The number of carbonyl (C=O) groups excluding carboxylic acids is 1. The largest absolute Gasteiger partial charge is 0.454 e. The number of thioether (sulfide) groups is 1. The molecule has 10 heteroatoms. The average molecular weight is 384 g/mol. The van der Waals surface area contributed by atoms with Crippen molar-refractivity contribution in [2.24, 2.45) is 0 Å². The van der Waals surface area contributed by atoms with Crippen LogP contribution in [0.25, 0.3) is 5.69 Å². The highest BCUT2D eigenvalue weighted by Crippen LogP contribution is 2.35. The minimum atomic E-state index is -0.0569. The molecule has 0 aliphatic carbocycles. The predicted octanol–water partition coefficient (Wildman–Crippen LogP) is 2.09. The lowest BCUT2D eigenvalue weighted by molar-refractivity contribution is 0.102. The van der Waals surface area contributed by atoms with Gasteiger partial charge in [0.2, 0.25) is 18.7 Å². The first-order valence-electron chi connectivity index (χ1n) is 8.02. The van der Waals surface area contributed by atoms with E-state index in [0.717, 1.165) is 5.69 Å². The van der Waals surface area contributed by atoms with Crippen LogP contribution in [0.5, 0.6) is 23.0 Å². The summed E-state index contributed by atoms with van der Waals surface area (Å²) < 4.78 is 22.8. The molecular weight excluding hydrogens is 372 g/mol. The summed E-state index contributed by atoms with van der Waals surface area (Å²) in [4.78, 5) is 12.5. The lowest BCUT2D eigenvalue weighted by Gasteiger charge is -2.05. The second-order valence-corrected chi connectivity index (χ2v) is 6.63. The molecule has 5 rings (SSSR count). The summed E-state index contributed by atoms with van der Waals surface area (Å²) in [6.07, 6.45) is 0. The summed E-state index contributed by atoms with van der Waals surface area (Å²) in [6, 6.07) is 10.6. The number of hydrogen-bond donors (Lipinski definition) is 0. The average Bonchev–Trinajstić information content (AvgIpc) is 3.44. The number of carbonyl (C=O) groups is 1. The van der Waals surface area contributed by atoms with E-state index < -0.39 is 0 Å². The van der Waals surface area contributed by atoms with Gasteiger partial charge in [0.1, 0.15) is 0 Å². The van der Waals surface area contributed by atoms with Crippen LogP contribution in [0.2, 0.25) is 0 Å². The first-order chi connectivity index (χ1) is 13.3. The Bertz CT molecular complexity index is 1040. The van der Waals surface area contributed by atoms with E-state index in [0.29, 0.717) is 33.7 Å². The van der Waals surface area contributed by atoms with E-state index in [1.54, 1.807) is 35.0 Å². The monoisotopic (exact) mass is 384 g/mol. The molecule has 0 spiro atoms. The molecule has 1 aromatic heterocycles. The van der Waals surface area contributed by atoms with Crippen LogP contribution in [0, 0.1) is 0 Å². The number of tetrazole rings is 1. The van der Waals surface area contributed by atoms with Crippen LogP contribution < -0.4 is 18.9 Å². The van der Waals surface area contributed by atoms with Gasteiger partial charge in [-0.05, 0) is 40.8 Å². The number of aromatic nitrogens is 4. The van der Waals surface area contributed by atoms with Crippen LogP contribution in [0.1, 0.15) is 10.4 Å². The van der Waals surface area contributed by atoms with E-state index in [-0.39, 0.29) is 25.1 Å². The Morgan fingerprint density at radius 1 is 0.963 bits per heavy atom. The van der Waals surface area contributed by atoms with Gasteiger partial charge in [0, 0.05) is 11.6 Å². The molecular formula is C17H12N4O5S.